The second-order valence-corrected chi connectivity index (χ2v) is 6.52. The van der Waals surface area contributed by atoms with Crippen LogP contribution in [0.1, 0.15) is 21.1 Å². The highest BCUT2D eigenvalue weighted by Crippen LogP contribution is 2.28. The highest BCUT2D eigenvalue weighted by Gasteiger charge is 2.26. The maximum Gasteiger partial charge on any atom is 0.285 e. The Labute approximate surface area is 129 Å². The number of aromatic amines is 1. The Morgan fingerprint density at radius 1 is 1.33 bits per heavy atom. The average molecular weight is 319 g/mol. The molecule has 0 unspecified atom stereocenters. The molecule has 0 spiro atoms. The van der Waals surface area contributed by atoms with Crippen LogP contribution in [0.2, 0.25) is 4.47 Å². The molecular formula is C14H11ClN4OS. The van der Waals surface area contributed by atoms with Crippen molar-refractivity contribution in [1.82, 2.24) is 20.1 Å². The lowest BCUT2D eigenvalue weighted by atomic mass is 10.0. The smallest absolute Gasteiger partial charge is 0.285 e. The molecule has 1 amide bonds. The lowest BCUT2D eigenvalue weighted by Gasteiger charge is -2.26. The number of amides is 1. The van der Waals surface area contributed by atoms with Crippen LogP contribution >= 0.6 is 22.9 Å². The molecule has 7 heteroatoms. The predicted octanol–water partition coefficient (Wildman–Crippen LogP) is 2.87. The Hall–Kier alpha value is -1.92. The molecule has 0 bridgehead atoms. The minimum atomic E-state index is -0.102. The fourth-order valence-corrected chi connectivity index (χ4v) is 3.56. The molecule has 3 heterocycles. The van der Waals surface area contributed by atoms with E-state index < -0.39 is 0 Å². The van der Waals surface area contributed by atoms with Gasteiger partial charge < -0.3 is 9.88 Å². The van der Waals surface area contributed by atoms with Gasteiger partial charge in [-0.2, -0.15) is 0 Å². The zero-order valence-electron chi connectivity index (χ0n) is 11.0. The van der Waals surface area contributed by atoms with Crippen molar-refractivity contribution in [1.29, 1.82) is 0 Å². The van der Waals surface area contributed by atoms with Crippen LogP contribution in [0.3, 0.4) is 0 Å². The minimum absolute atomic E-state index is 0.102. The SMILES string of the molecule is O=C(c1nnc(Cl)s1)N1CCc2[nH]c3ccccc3c2C1. The van der Waals surface area contributed by atoms with Gasteiger partial charge in [0.1, 0.15) is 0 Å². The summed E-state index contributed by atoms with van der Waals surface area (Å²) in [6, 6.07) is 8.17. The molecule has 2 aromatic heterocycles. The molecule has 0 aliphatic carbocycles. The zero-order chi connectivity index (χ0) is 14.4. The van der Waals surface area contributed by atoms with Crippen LogP contribution < -0.4 is 0 Å². The van der Waals surface area contributed by atoms with Gasteiger partial charge in [-0.05, 0) is 17.7 Å². The van der Waals surface area contributed by atoms with Crippen LogP contribution in [0.4, 0.5) is 0 Å². The van der Waals surface area contributed by atoms with Crippen molar-refractivity contribution in [3.8, 4) is 0 Å². The molecule has 21 heavy (non-hydrogen) atoms. The van der Waals surface area contributed by atoms with Gasteiger partial charge in [0.25, 0.3) is 5.91 Å². The Morgan fingerprint density at radius 3 is 3.00 bits per heavy atom. The number of hydrogen-bond acceptors (Lipinski definition) is 4. The van der Waals surface area contributed by atoms with E-state index in [-0.39, 0.29) is 5.91 Å². The third-order valence-corrected chi connectivity index (χ3v) is 4.76. The van der Waals surface area contributed by atoms with Crippen molar-refractivity contribution in [2.45, 2.75) is 13.0 Å². The van der Waals surface area contributed by atoms with Crippen molar-refractivity contribution in [2.24, 2.45) is 0 Å². The molecule has 3 aromatic rings. The number of aromatic nitrogens is 3. The van der Waals surface area contributed by atoms with Crippen molar-refractivity contribution in [3.63, 3.8) is 0 Å². The lowest BCUT2D eigenvalue weighted by Crippen LogP contribution is -2.35. The van der Waals surface area contributed by atoms with Gasteiger partial charge in [0, 0.05) is 41.7 Å². The highest BCUT2D eigenvalue weighted by atomic mass is 35.5. The van der Waals surface area contributed by atoms with E-state index in [2.05, 4.69) is 27.3 Å². The molecule has 1 aliphatic heterocycles. The van der Waals surface area contributed by atoms with Gasteiger partial charge in [0.2, 0.25) is 9.47 Å². The van der Waals surface area contributed by atoms with Crippen molar-refractivity contribution >= 4 is 39.7 Å². The average Bonchev–Trinajstić information content (AvgIpc) is 3.09. The summed E-state index contributed by atoms with van der Waals surface area (Å²) in [7, 11) is 0. The summed E-state index contributed by atoms with van der Waals surface area (Å²) in [6.07, 6.45) is 0.822. The number of para-hydroxylation sites is 1. The topological polar surface area (TPSA) is 61.9 Å². The van der Waals surface area contributed by atoms with Gasteiger partial charge in [0.15, 0.2) is 0 Å². The molecule has 106 valence electrons. The Bertz CT molecular complexity index is 840. The fraction of sp³-hybridized carbons (Fsp3) is 0.214. The summed E-state index contributed by atoms with van der Waals surface area (Å²) >= 11 is 6.87. The van der Waals surface area contributed by atoms with E-state index >= 15 is 0 Å². The van der Waals surface area contributed by atoms with Crippen molar-refractivity contribution in [2.75, 3.05) is 6.54 Å². The Balaban J connectivity index is 1.68. The number of benzene rings is 1. The van der Waals surface area contributed by atoms with E-state index in [4.69, 9.17) is 11.6 Å². The van der Waals surface area contributed by atoms with Gasteiger partial charge in [-0.25, -0.2) is 0 Å². The third-order valence-electron chi connectivity index (χ3n) is 3.75. The minimum Gasteiger partial charge on any atom is -0.358 e. The van der Waals surface area contributed by atoms with Crippen molar-refractivity contribution in [3.05, 3.63) is 45.0 Å². The van der Waals surface area contributed by atoms with E-state index in [0.717, 1.165) is 23.3 Å². The third kappa shape index (κ3) is 2.11. The summed E-state index contributed by atoms with van der Waals surface area (Å²) in [5.41, 5.74) is 3.53. The summed E-state index contributed by atoms with van der Waals surface area (Å²) in [6.45, 7) is 1.27. The summed E-state index contributed by atoms with van der Waals surface area (Å²) in [4.78, 5) is 17.7. The quantitative estimate of drug-likeness (QED) is 0.750. The monoisotopic (exact) mass is 318 g/mol. The van der Waals surface area contributed by atoms with E-state index in [9.17, 15) is 4.79 Å². The first-order valence-corrected chi connectivity index (χ1v) is 7.78. The van der Waals surface area contributed by atoms with Crippen LogP contribution in [0.5, 0.6) is 0 Å². The van der Waals surface area contributed by atoms with Crippen molar-refractivity contribution < 1.29 is 4.79 Å². The highest BCUT2D eigenvalue weighted by molar-refractivity contribution is 7.17. The molecule has 0 radical (unpaired) electrons. The second kappa shape index (κ2) is 4.82. The number of fused-ring (bicyclic) bond motifs is 3. The maximum atomic E-state index is 12.4. The lowest BCUT2D eigenvalue weighted by molar-refractivity contribution is 0.0734. The number of rotatable bonds is 1. The van der Waals surface area contributed by atoms with E-state index in [1.54, 1.807) is 4.90 Å². The number of H-pyrrole nitrogens is 1. The fourth-order valence-electron chi connectivity index (χ4n) is 2.77. The van der Waals surface area contributed by atoms with Gasteiger partial charge >= 0.3 is 0 Å². The van der Waals surface area contributed by atoms with E-state index in [1.807, 2.05) is 12.1 Å². The molecule has 5 nitrogen and oxygen atoms in total. The van der Waals surface area contributed by atoms with Crippen LogP contribution in [0, 0.1) is 0 Å². The molecule has 1 aromatic carbocycles. The molecule has 1 aliphatic rings. The van der Waals surface area contributed by atoms with E-state index in [1.165, 1.54) is 16.6 Å². The number of hydrogen-bond donors (Lipinski definition) is 1. The molecule has 0 fully saturated rings. The predicted molar refractivity (Wildman–Crippen MR) is 81.7 cm³/mol. The molecule has 0 atom stereocenters. The number of carbonyl (C=O) groups is 1. The Kier molecular flexibility index (Phi) is 2.94. The first-order chi connectivity index (χ1) is 10.2. The molecule has 1 N–H and O–H groups in total. The largest absolute Gasteiger partial charge is 0.358 e. The molecular weight excluding hydrogens is 308 g/mol. The number of carbonyl (C=O) groups excluding carboxylic acids is 1. The molecule has 0 saturated carbocycles. The van der Waals surface area contributed by atoms with Crippen LogP contribution in [-0.2, 0) is 13.0 Å². The zero-order valence-corrected chi connectivity index (χ0v) is 12.5. The van der Waals surface area contributed by atoms with Gasteiger partial charge in [-0.15, -0.1) is 10.2 Å². The number of nitrogens with one attached hydrogen (secondary N) is 1. The standard InChI is InChI=1S/C14H11ClN4OS/c15-14-18-17-12(21-14)13(20)19-6-5-11-9(7-19)8-3-1-2-4-10(8)16-11/h1-4,16H,5-7H2. The van der Waals surface area contributed by atoms with Crippen LogP contribution in [0.15, 0.2) is 24.3 Å². The molecule has 4 rings (SSSR count). The summed E-state index contributed by atoms with van der Waals surface area (Å²) in [5.74, 6) is -0.102. The first-order valence-electron chi connectivity index (χ1n) is 6.59. The van der Waals surface area contributed by atoms with E-state index in [0.29, 0.717) is 22.6 Å². The van der Waals surface area contributed by atoms with Gasteiger partial charge in [-0.3, -0.25) is 4.79 Å². The van der Waals surface area contributed by atoms with Gasteiger partial charge in [-0.1, -0.05) is 29.5 Å². The number of halogens is 1. The number of nitrogens with zero attached hydrogens (tertiary/aromatic N) is 3. The normalized spacial score (nSPS) is 14.4. The Morgan fingerprint density at radius 2 is 2.19 bits per heavy atom. The van der Waals surface area contributed by atoms with Gasteiger partial charge in [0.05, 0.1) is 0 Å². The first kappa shape index (κ1) is 12.8. The summed E-state index contributed by atoms with van der Waals surface area (Å²) in [5, 5.41) is 9.06. The second-order valence-electron chi connectivity index (χ2n) is 4.96. The molecule has 0 saturated heterocycles. The maximum absolute atomic E-state index is 12.4. The van der Waals surface area contributed by atoms with Crippen LogP contribution in [-0.4, -0.2) is 32.5 Å². The van der Waals surface area contributed by atoms with Crippen LogP contribution in [0.25, 0.3) is 10.9 Å². The summed E-state index contributed by atoms with van der Waals surface area (Å²) < 4.78 is 0.295.